The lowest BCUT2D eigenvalue weighted by Crippen LogP contribution is -2.17. The number of oxime groups is 1. The van der Waals surface area contributed by atoms with Gasteiger partial charge in [0.15, 0.2) is 17.6 Å². The van der Waals surface area contributed by atoms with Crippen molar-refractivity contribution in [3.63, 3.8) is 0 Å². The van der Waals surface area contributed by atoms with Gasteiger partial charge in [0.25, 0.3) is 0 Å². The lowest BCUT2D eigenvalue weighted by molar-refractivity contribution is -0.115. The van der Waals surface area contributed by atoms with E-state index >= 15 is 0 Å². The fourth-order valence-electron chi connectivity index (χ4n) is 3.68. The Morgan fingerprint density at radius 1 is 1.16 bits per heavy atom. The molecular weight excluding hydrogens is 412 g/mol. The summed E-state index contributed by atoms with van der Waals surface area (Å²) in [5.74, 6) is 1.74. The SMILES string of the molecule is COc1cc(C2CC(CC(=O)Nc3cc(C(C)C)c(O)cc3C)=NO2)cc(OC)c1OC. The summed E-state index contributed by atoms with van der Waals surface area (Å²) in [6.07, 6.45) is 0.227. The molecule has 0 aromatic heterocycles. The fourth-order valence-corrected chi connectivity index (χ4v) is 3.68. The molecule has 0 bridgehead atoms. The monoisotopic (exact) mass is 442 g/mol. The number of aryl methyl sites for hydroxylation is 1. The Bertz CT molecular complexity index is 1010. The number of hydrogen-bond acceptors (Lipinski definition) is 7. The third-order valence-corrected chi connectivity index (χ3v) is 5.42. The van der Waals surface area contributed by atoms with Gasteiger partial charge in [-0.25, -0.2) is 0 Å². The normalized spacial score (nSPS) is 15.2. The van der Waals surface area contributed by atoms with Crippen LogP contribution in [0.4, 0.5) is 5.69 Å². The van der Waals surface area contributed by atoms with Crippen molar-refractivity contribution in [1.82, 2.24) is 0 Å². The zero-order chi connectivity index (χ0) is 23.4. The van der Waals surface area contributed by atoms with Crippen molar-refractivity contribution >= 4 is 17.3 Å². The topological polar surface area (TPSA) is 98.6 Å². The average molecular weight is 443 g/mol. The number of benzene rings is 2. The van der Waals surface area contributed by atoms with Gasteiger partial charge >= 0.3 is 0 Å². The highest BCUT2D eigenvalue weighted by molar-refractivity contribution is 6.07. The smallest absolute Gasteiger partial charge is 0.230 e. The van der Waals surface area contributed by atoms with Crippen molar-refractivity contribution in [2.75, 3.05) is 26.6 Å². The number of amides is 1. The number of nitrogens with zero attached hydrogens (tertiary/aromatic N) is 1. The Morgan fingerprint density at radius 2 is 1.81 bits per heavy atom. The van der Waals surface area contributed by atoms with Crippen molar-refractivity contribution in [3.8, 4) is 23.0 Å². The summed E-state index contributed by atoms with van der Waals surface area (Å²) >= 11 is 0. The second-order valence-corrected chi connectivity index (χ2v) is 8.02. The highest BCUT2D eigenvalue weighted by atomic mass is 16.6. The summed E-state index contributed by atoms with van der Waals surface area (Å²) in [5.41, 5.74) is 3.71. The van der Waals surface area contributed by atoms with E-state index in [1.165, 1.54) is 0 Å². The second-order valence-electron chi connectivity index (χ2n) is 8.02. The molecule has 3 rings (SSSR count). The van der Waals surface area contributed by atoms with Crippen LogP contribution in [0.25, 0.3) is 0 Å². The van der Waals surface area contributed by atoms with Gasteiger partial charge in [0.05, 0.1) is 33.5 Å². The minimum Gasteiger partial charge on any atom is -0.508 e. The maximum absolute atomic E-state index is 12.6. The van der Waals surface area contributed by atoms with Crippen LogP contribution < -0.4 is 19.5 Å². The molecule has 1 unspecified atom stereocenters. The lowest BCUT2D eigenvalue weighted by atomic mass is 9.99. The highest BCUT2D eigenvalue weighted by Crippen LogP contribution is 2.42. The number of methoxy groups -OCH3 is 3. The zero-order valence-corrected chi connectivity index (χ0v) is 19.3. The number of phenols is 1. The number of ether oxygens (including phenoxy) is 3. The third-order valence-electron chi connectivity index (χ3n) is 5.42. The number of rotatable bonds is 8. The molecular formula is C24H30N2O6. The van der Waals surface area contributed by atoms with Crippen LogP contribution >= 0.6 is 0 Å². The minimum absolute atomic E-state index is 0.109. The second kappa shape index (κ2) is 9.80. The maximum atomic E-state index is 12.6. The fraction of sp³-hybridized carbons (Fsp3) is 0.417. The summed E-state index contributed by atoms with van der Waals surface area (Å²) in [7, 11) is 4.66. The number of carbonyl (C=O) groups is 1. The predicted octanol–water partition coefficient (Wildman–Crippen LogP) is 4.70. The van der Waals surface area contributed by atoms with E-state index in [1.807, 2.05) is 39.0 Å². The summed E-state index contributed by atoms with van der Waals surface area (Å²) in [6.45, 7) is 5.82. The number of anilines is 1. The van der Waals surface area contributed by atoms with E-state index in [0.717, 1.165) is 16.7 Å². The van der Waals surface area contributed by atoms with Gasteiger partial charge in [-0.05, 0) is 48.2 Å². The van der Waals surface area contributed by atoms with Crippen LogP contribution in [0.1, 0.15) is 55.4 Å². The van der Waals surface area contributed by atoms with E-state index in [1.54, 1.807) is 27.4 Å². The van der Waals surface area contributed by atoms with Crippen molar-refractivity contribution < 1.29 is 28.9 Å². The molecule has 172 valence electrons. The Hall–Kier alpha value is -3.42. The molecule has 8 nitrogen and oxygen atoms in total. The Labute approximate surface area is 188 Å². The van der Waals surface area contributed by atoms with E-state index in [0.29, 0.717) is 35.1 Å². The molecule has 1 atom stereocenters. The van der Waals surface area contributed by atoms with Crippen LogP contribution in [0.3, 0.4) is 0 Å². The number of aromatic hydroxyl groups is 1. The van der Waals surface area contributed by atoms with Crippen molar-refractivity contribution in [3.05, 3.63) is 41.0 Å². The molecule has 0 saturated carbocycles. The van der Waals surface area contributed by atoms with Crippen LogP contribution in [-0.2, 0) is 9.63 Å². The van der Waals surface area contributed by atoms with Gasteiger partial charge in [0.2, 0.25) is 11.7 Å². The molecule has 0 saturated heterocycles. The van der Waals surface area contributed by atoms with E-state index in [-0.39, 0.29) is 30.1 Å². The van der Waals surface area contributed by atoms with Gasteiger partial charge in [-0.1, -0.05) is 19.0 Å². The van der Waals surface area contributed by atoms with Gasteiger partial charge in [0.1, 0.15) is 5.75 Å². The van der Waals surface area contributed by atoms with Gasteiger partial charge < -0.3 is 29.5 Å². The third kappa shape index (κ3) is 4.90. The molecule has 1 aliphatic heterocycles. The largest absolute Gasteiger partial charge is 0.508 e. The summed E-state index contributed by atoms with van der Waals surface area (Å²) in [5, 5.41) is 17.2. The first-order chi connectivity index (χ1) is 15.3. The Balaban J connectivity index is 1.68. The lowest BCUT2D eigenvalue weighted by Gasteiger charge is -2.16. The van der Waals surface area contributed by atoms with E-state index < -0.39 is 0 Å². The number of hydrogen-bond donors (Lipinski definition) is 2. The van der Waals surface area contributed by atoms with E-state index in [9.17, 15) is 9.90 Å². The van der Waals surface area contributed by atoms with Crippen LogP contribution in [0, 0.1) is 6.92 Å². The number of nitrogens with one attached hydrogen (secondary N) is 1. The van der Waals surface area contributed by atoms with Crippen LogP contribution in [0.15, 0.2) is 29.4 Å². The van der Waals surface area contributed by atoms with Crippen LogP contribution in [0.5, 0.6) is 23.0 Å². The van der Waals surface area contributed by atoms with Crippen molar-refractivity contribution in [2.24, 2.45) is 5.16 Å². The molecule has 2 N–H and O–H groups in total. The highest BCUT2D eigenvalue weighted by Gasteiger charge is 2.27. The first-order valence-corrected chi connectivity index (χ1v) is 10.4. The predicted molar refractivity (Wildman–Crippen MR) is 122 cm³/mol. The minimum atomic E-state index is -0.352. The van der Waals surface area contributed by atoms with Crippen molar-refractivity contribution in [2.45, 2.75) is 45.6 Å². The molecule has 0 spiro atoms. The quantitative estimate of drug-likeness (QED) is 0.575. The maximum Gasteiger partial charge on any atom is 0.230 e. The number of phenolic OH excluding ortho intramolecular Hbond substituents is 1. The molecule has 2 aromatic carbocycles. The van der Waals surface area contributed by atoms with Crippen LogP contribution in [0.2, 0.25) is 0 Å². The molecule has 32 heavy (non-hydrogen) atoms. The molecule has 1 aliphatic rings. The van der Waals surface area contributed by atoms with Gasteiger partial charge in [-0.3, -0.25) is 4.79 Å². The molecule has 1 amide bonds. The summed E-state index contributed by atoms with van der Waals surface area (Å²) in [6, 6.07) is 7.12. The Morgan fingerprint density at radius 3 is 2.38 bits per heavy atom. The molecule has 1 heterocycles. The van der Waals surface area contributed by atoms with Gasteiger partial charge in [0, 0.05) is 17.7 Å². The Kier molecular flexibility index (Phi) is 7.12. The molecule has 2 aromatic rings. The molecule has 0 radical (unpaired) electrons. The molecule has 0 fully saturated rings. The van der Waals surface area contributed by atoms with Crippen LogP contribution in [-0.4, -0.2) is 38.1 Å². The van der Waals surface area contributed by atoms with E-state index in [4.69, 9.17) is 19.0 Å². The van der Waals surface area contributed by atoms with Gasteiger partial charge in [-0.15, -0.1) is 0 Å². The van der Waals surface area contributed by atoms with Gasteiger partial charge in [-0.2, -0.15) is 0 Å². The average Bonchev–Trinajstić information content (AvgIpc) is 3.22. The zero-order valence-electron chi connectivity index (χ0n) is 19.3. The first kappa shape index (κ1) is 23.2. The summed E-state index contributed by atoms with van der Waals surface area (Å²) < 4.78 is 16.2. The summed E-state index contributed by atoms with van der Waals surface area (Å²) in [4.78, 5) is 18.2. The standard InChI is InChI=1S/C24H30N2O6/c1-13(2)17-12-18(14(3)7-19(17)27)25-23(28)11-16-10-20(32-26-16)15-8-21(29-4)24(31-6)22(9-15)30-5/h7-9,12-13,20,27H,10-11H2,1-6H3,(H,25,28). The number of carbonyl (C=O) groups excluding carboxylic acids is 1. The van der Waals surface area contributed by atoms with E-state index in [2.05, 4.69) is 10.5 Å². The van der Waals surface area contributed by atoms with Crippen molar-refractivity contribution in [1.29, 1.82) is 0 Å². The molecule has 0 aliphatic carbocycles. The first-order valence-electron chi connectivity index (χ1n) is 10.4. The molecule has 8 heteroatoms.